The van der Waals surface area contributed by atoms with Crippen molar-refractivity contribution in [3.05, 3.63) is 58.1 Å². The number of rotatable bonds is 4. The molecule has 0 aliphatic heterocycles. The van der Waals surface area contributed by atoms with Crippen LogP contribution >= 0.6 is 11.3 Å². The lowest BCUT2D eigenvalue weighted by Crippen LogP contribution is -2.27. The van der Waals surface area contributed by atoms with Crippen LogP contribution in [0.15, 0.2) is 36.4 Å². The fraction of sp³-hybridized carbons (Fsp3) is 0.440. The van der Waals surface area contributed by atoms with E-state index in [1.54, 1.807) is 0 Å². The van der Waals surface area contributed by atoms with E-state index in [2.05, 4.69) is 39.1 Å². The van der Waals surface area contributed by atoms with Gasteiger partial charge < -0.3 is 11.1 Å². The largest absolute Gasteiger partial charge is 0.399 e. The number of aromatic nitrogens is 1. The van der Waals surface area contributed by atoms with Crippen molar-refractivity contribution in [2.75, 3.05) is 5.73 Å². The Labute approximate surface area is 182 Å². The molecule has 1 amide bonds. The quantitative estimate of drug-likeness (QED) is 0.515. The number of nitrogens with two attached hydrogens (primary N) is 1. The fourth-order valence-corrected chi connectivity index (χ4v) is 5.29. The number of aryl methyl sites for hydroxylation is 1. The molecule has 3 N–H and O–H groups in total. The molecular weight excluding hydrogens is 390 g/mol. The molecule has 30 heavy (non-hydrogen) atoms. The van der Waals surface area contributed by atoms with Gasteiger partial charge in [-0.25, -0.2) is 4.98 Å². The molecule has 0 saturated carbocycles. The van der Waals surface area contributed by atoms with Crippen LogP contribution in [0, 0.1) is 11.3 Å². The predicted molar refractivity (Wildman–Crippen MR) is 126 cm³/mol. The average molecular weight is 422 g/mol. The Morgan fingerprint density at radius 3 is 2.67 bits per heavy atom. The minimum atomic E-state index is -0.0350. The smallest absolute Gasteiger partial charge is 0.261 e. The summed E-state index contributed by atoms with van der Waals surface area (Å²) in [7, 11) is 0. The van der Waals surface area contributed by atoms with Crippen molar-refractivity contribution in [3.63, 3.8) is 0 Å². The van der Waals surface area contributed by atoms with Gasteiger partial charge in [0.15, 0.2) is 0 Å². The second-order valence-corrected chi connectivity index (χ2v) is 10.5. The Morgan fingerprint density at radius 2 is 2.00 bits per heavy atom. The van der Waals surface area contributed by atoms with Gasteiger partial charge in [0.1, 0.15) is 4.83 Å². The number of pyridine rings is 1. The van der Waals surface area contributed by atoms with E-state index in [4.69, 9.17) is 10.7 Å². The molecule has 158 valence electrons. The van der Waals surface area contributed by atoms with E-state index < -0.39 is 0 Å². The number of hydrogen-bond acceptors (Lipinski definition) is 4. The van der Waals surface area contributed by atoms with Gasteiger partial charge in [0.05, 0.1) is 10.9 Å². The molecule has 1 aromatic carbocycles. The van der Waals surface area contributed by atoms with Gasteiger partial charge in [0, 0.05) is 16.8 Å². The zero-order valence-corrected chi connectivity index (χ0v) is 19.1. The van der Waals surface area contributed by atoms with Gasteiger partial charge in [-0.05, 0) is 72.4 Å². The van der Waals surface area contributed by atoms with Crippen LogP contribution in [0.3, 0.4) is 0 Å². The van der Waals surface area contributed by atoms with Crippen LogP contribution in [0.25, 0.3) is 10.2 Å². The number of carbonyl (C=O) groups excluding carboxylic acids is 1. The molecule has 3 aromatic rings. The van der Waals surface area contributed by atoms with Gasteiger partial charge in [-0.15, -0.1) is 11.3 Å². The lowest BCUT2D eigenvalue weighted by Gasteiger charge is -2.34. The number of benzene rings is 1. The Balaban J connectivity index is 1.56. The Bertz CT molecular complexity index is 1060. The van der Waals surface area contributed by atoms with Crippen LogP contribution < -0.4 is 11.1 Å². The number of amides is 1. The molecule has 1 aliphatic carbocycles. The van der Waals surface area contributed by atoms with E-state index in [0.29, 0.717) is 11.3 Å². The minimum absolute atomic E-state index is 0.0305. The molecule has 0 radical (unpaired) electrons. The SMILES string of the molecule is CC[C@@H](NC(=O)c1cc2cc3c(nc2s1)CCC(C(C)(C)C)C3)c1ccc(N)cc1. The van der Waals surface area contributed by atoms with Crippen molar-refractivity contribution >= 4 is 33.1 Å². The molecule has 0 fully saturated rings. The molecule has 0 saturated heterocycles. The molecule has 0 bridgehead atoms. The third-order valence-corrected chi connectivity index (χ3v) is 7.42. The first-order valence-corrected chi connectivity index (χ1v) is 11.6. The summed E-state index contributed by atoms with van der Waals surface area (Å²) in [5.41, 5.74) is 10.5. The number of fused-ring (bicyclic) bond motifs is 2. The number of nitrogens with one attached hydrogen (secondary N) is 1. The lowest BCUT2D eigenvalue weighted by molar-refractivity contribution is 0.0939. The van der Waals surface area contributed by atoms with E-state index in [-0.39, 0.29) is 11.9 Å². The number of hydrogen-bond donors (Lipinski definition) is 2. The van der Waals surface area contributed by atoms with Gasteiger partial charge in [0.25, 0.3) is 5.91 Å². The summed E-state index contributed by atoms with van der Waals surface area (Å²) in [6.07, 6.45) is 4.12. The van der Waals surface area contributed by atoms with Gasteiger partial charge in [-0.3, -0.25) is 4.79 Å². The molecule has 1 unspecified atom stereocenters. The molecule has 5 heteroatoms. The molecule has 2 atom stereocenters. The molecule has 1 aliphatic rings. The zero-order chi connectivity index (χ0) is 21.5. The van der Waals surface area contributed by atoms with Crippen LogP contribution in [0.5, 0.6) is 0 Å². The monoisotopic (exact) mass is 421 g/mol. The maximum absolute atomic E-state index is 13.0. The highest BCUT2D eigenvalue weighted by Gasteiger charge is 2.29. The van der Waals surface area contributed by atoms with Crippen LogP contribution in [0.2, 0.25) is 0 Å². The predicted octanol–water partition coefficient (Wildman–Crippen LogP) is 5.91. The molecule has 4 rings (SSSR count). The standard InChI is InChI=1S/C25H31N3OS/c1-5-20(15-6-9-19(26)10-7-15)27-23(29)22-14-17-12-16-13-18(25(2,3)4)8-11-21(16)28-24(17)30-22/h6-7,9-10,12,14,18,20H,5,8,11,13,26H2,1-4H3,(H,27,29)/t18?,20-/m1/s1. The van der Waals surface area contributed by atoms with Crippen molar-refractivity contribution < 1.29 is 4.79 Å². The number of nitrogens with zero attached hydrogens (tertiary/aromatic N) is 1. The van der Waals surface area contributed by atoms with Crippen molar-refractivity contribution in [1.82, 2.24) is 10.3 Å². The summed E-state index contributed by atoms with van der Waals surface area (Å²) in [6, 6.07) is 12.0. The summed E-state index contributed by atoms with van der Waals surface area (Å²) in [5.74, 6) is 0.642. The minimum Gasteiger partial charge on any atom is -0.399 e. The van der Waals surface area contributed by atoms with Crippen molar-refractivity contribution in [2.45, 2.75) is 59.4 Å². The number of nitrogen functional groups attached to an aromatic ring is 1. The van der Waals surface area contributed by atoms with Gasteiger partial charge in [-0.2, -0.15) is 0 Å². The third kappa shape index (κ3) is 4.22. The Hall–Kier alpha value is -2.40. The van der Waals surface area contributed by atoms with E-state index in [0.717, 1.165) is 45.6 Å². The highest BCUT2D eigenvalue weighted by atomic mass is 32.1. The van der Waals surface area contributed by atoms with Crippen LogP contribution in [-0.4, -0.2) is 10.9 Å². The number of anilines is 1. The summed E-state index contributed by atoms with van der Waals surface area (Å²) < 4.78 is 0. The molecule has 2 aromatic heterocycles. The molecule has 2 heterocycles. The topological polar surface area (TPSA) is 68.0 Å². The summed E-state index contributed by atoms with van der Waals surface area (Å²) in [5, 5.41) is 4.26. The first kappa shape index (κ1) is 20.9. The van der Waals surface area contributed by atoms with E-state index >= 15 is 0 Å². The molecule has 0 spiro atoms. The lowest BCUT2D eigenvalue weighted by atomic mass is 9.71. The maximum Gasteiger partial charge on any atom is 0.261 e. The van der Waals surface area contributed by atoms with Crippen LogP contribution in [0.1, 0.15) is 73.1 Å². The van der Waals surface area contributed by atoms with Crippen LogP contribution in [0.4, 0.5) is 5.69 Å². The third-order valence-electron chi connectivity index (χ3n) is 6.37. The second kappa shape index (κ2) is 8.03. The van der Waals surface area contributed by atoms with Crippen molar-refractivity contribution in [1.29, 1.82) is 0 Å². The Kier molecular flexibility index (Phi) is 5.58. The van der Waals surface area contributed by atoms with Crippen LogP contribution in [-0.2, 0) is 12.8 Å². The van der Waals surface area contributed by atoms with Crippen molar-refractivity contribution in [3.8, 4) is 0 Å². The molecule has 4 nitrogen and oxygen atoms in total. The second-order valence-electron chi connectivity index (χ2n) is 9.51. The van der Waals surface area contributed by atoms with Gasteiger partial charge >= 0.3 is 0 Å². The number of carbonyl (C=O) groups is 1. The van der Waals surface area contributed by atoms with Gasteiger partial charge in [-0.1, -0.05) is 39.8 Å². The first-order chi connectivity index (χ1) is 14.2. The van der Waals surface area contributed by atoms with E-state index in [1.807, 2.05) is 30.3 Å². The van der Waals surface area contributed by atoms with Crippen molar-refractivity contribution in [2.24, 2.45) is 11.3 Å². The average Bonchev–Trinajstić information content (AvgIpc) is 3.12. The molecular formula is C25H31N3OS. The zero-order valence-electron chi connectivity index (χ0n) is 18.3. The number of thiophene rings is 1. The summed E-state index contributed by atoms with van der Waals surface area (Å²) >= 11 is 1.49. The highest BCUT2D eigenvalue weighted by Crippen LogP contribution is 2.38. The highest BCUT2D eigenvalue weighted by molar-refractivity contribution is 7.20. The summed E-state index contributed by atoms with van der Waals surface area (Å²) in [4.78, 5) is 19.6. The van der Waals surface area contributed by atoms with E-state index in [1.165, 1.54) is 29.0 Å². The summed E-state index contributed by atoms with van der Waals surface area (Å²) in [6.45, 7) is 9.06. The fourth-order valence-electron chi connectivity index (χ4n) is 4.35. The van der Waals surface area contributed by atoms with Gasteiger partial charge in [0.2, 0.25) is 0 Å². The first-order valence-electron chi connectivity index (χ1n) is 10.8. The normalized spacial score (nSPS) is 17.5. The van der Waals surface area contributed by atoms with E-state index in [9.17, 15) is 4.79 Å². The maximum atomic E-state index is 13.0. The Morgan fingerprint density at radius 1 is 1.27 bits per heavy atom.